The SMILES string of the molecule is N#Cc1c(-c2ccccc2F)c2cc(Cl)ccc2n1CCOc1ccccc1. The van der Waals surface area contributed by atoms with Crippen molar-refractivity contribution in [2.45, 2.75) is 6.54 Å². The third-order valence-electron chi connectivity index (χ3n) is 4.60. The van der Waals surface area contributed by atoms with E-state index in [1.165, 1.54) is 6.07 Å². The van der Waals surface area contributed by atoms with Gasteiger partial charge in [-0.3, -0.25) is 0 Å². The van der Waals surface area contributed by atoms with Gasteiger partial charge in [0, 0.05) is 27.1 Å². The average Bonchev–Trinajstić information content (AvgIpc) is 3.01. The second-order valence-electron chi connectivity index (χ2n) is 6.29. The Balaban J connectivity index is 1.80. The van der Waals surface area contributed by atoms with E-state index in [0.29, 0.717) is 35.0 Å². The van der Waals surface area contributed by atoms with Gasteiger partial charge in [0.2, 0.25) is 0 Å². The van der Waals surface area contributed by atoms with Gasteiger partial charge in [0.25, 0.3) is 0 Å². The molecule has 4 rings (SSSR count). The Kier molecular flexibility index (Phi) is 5.01. The molecule has 1 aromatic heterocycles. The van der Waals surface area contributed by atoms with Crippen LogP contribution in [-0.2, 0) is 6.54 Å². The second kappa shape index (κ2) is 7.75. The highest BCUT2D eigenvalue weighted by molar-refractivity contribution is 6.31. The molecule has 0 bridgehead atoms. The van der Waals surface area contributed by atoms with Crippen LogP contribution < -0.4 is 4.74 Å². The molecule has 0 radical (unpaired) electrons. The van der Waals surface area contributed by atoms with Crippen LogP contribution in [0.2, 0.25) is 5.02 Å². The molecule has 0 fully saturated rings. The smallest absolute Gasteiger partial charge is 0.131 e. The van der Waals surface area contributed by atoms with Gasteiger partial charge in [-0.2, -0.15) is 5.26 Å². The summed E-state index contributed by atoms with van der Waals surface area (Å²) >= 11 is 6.20. The van der Waals surface area contributed by atoms with Gasteiger partial charge in [0.05, 0.1) is 6.54 Å². The molecule has 3 nitrogen and oxygen atoms in total. The summed E-state index contributed by atoms with van der Waals surface area (Å²) in [5, 5.41) is 11.1. The molecule has 3 aromatic carbocycles. The summed E-state index contributed by atoms with van der Waals surface area (Å²) in [4.78, 5) is 0. The first-order valence-electron chi connectivity index (χ1n) is 8.83. The van der Waals surface area contributed by atoms with Crippen molar-refractivity contribution in [2.75, 3.05) is 6.61 Å². The van der Waals surface area contributed by atoms with Gasteiger partial charge in [-0.1, -0.05) is 48.0 Å². The minimum atomic E-state index is -0.376. The predicted molar refractivity (Wildman–Crippen MR) is 109 cm³/mol. The number of nitrogens with zero attached hydrogens (tertiary/aromatic N) is 2. The largest absolute Gasteiger partial charge is 0.492 e. The minimum Gasteiger partial charge on any atom is -0.492 e. The molecule has 5 heteroatoms. The molecule has 0 atom stereocenters. The van der Waals surface area contributed by atoms with Crippen molar-refractivity contribution >= 4 is 22.5 Å². The molecule has 28 heavy (non-hydrogen) atoms. The van der Waals surface area contributed by atoms with E-state index in [9.17, 15) is 9.65 Å². The molecular weight excluding hydrogens is 375 g/mol. The summed E-state index contributed by atoms with van der Waals surface area (Å²) < 4.78 is 22.2. The maximum atomic E-state index is 14.5. The number of benzene rings is 3. The zero-order chi connectivity index (χ0) is 19.5. The summed E-state index contributed by atoms with van der Waals surface area (Å²) in [6.45, 7) is 0.826. The van der Waals surface area contributed by atoms with E-state index in [-0.39, 0.29) is 5.82 Å². The number of halogens is 2. The van der Waals surface area contributed by atoms with E-state index in [1.54, 1.807) is 30.3 Å². The lowest BCUT2D eigenvalue weighted by Crippen LogP contribution is -2.09. The Hall–Kier alpha value is -3.29. The highest BCUT2D eigenvalue weighted by Crippen LogP contribution is 2.37. The quantitative estimate of drug-likeness (QED) is 0.416. The normalized spacial score (nSPS) is 10.8. The fraction of sp³-hybridized carbons (Fsp3) is 0.0870. The highest BCUT2D eigenvalue weighted by atomic mass is 35.5. The number of aromatic nitrogens is 1. The van der Waals surface area contributed by atoms with E-state index in [2.05, 4.69) is 6.07 Å². The van der Waals surface area contributed by atoms with Crippen molar-refractivity contribution in [3.8, 4) is 22.9 Å². The fourth-order valence-electron chi connectivity index (χ4n) is 3.38. The van der Waals surface area contributed by atoms with Gasteiger partial charge in [-0.15, -0.1) is 0 Å². The van der Waals surface area contributed by atoms with E-state index in [1.807, 2.05) is 41.0 Å². The van der Waals surface area contributed by atoms with Crippen molar-refractivity contribution < 1.29 is 9.13 Å². The Labute approximate surface area is 167 Å². The molecule has 4 aromatic rings. The maximum Gasteiger partial charge on any atom is 0.131 e. The summed E-state index contributed by atoms with van der Waals surface area (Å²) in [6.07, 6.45) is 0. The first-order chi connectivity index (χ1) is 13.7. The molecular formula is C23H16ClFN2O. The van der Waals surface area contributed by atoms with Crippen LogP contribution in [0.25, 0.3) is 22.0 Å². The molecule has 138 valence electrons. The van der Waals surface area contributed by atoms with Crippen LogP contribution in [-0.4, -0.2) is 11.2 Å². The Morgan fingerprint density at radius 3 is 2.50 bits per heavy atom. The van der Waals surface area contributed by atoms with Crippen molar-refractivity contribution in [3.05, 3.63) is 89.3 Å². The number of ether oxygens (including phenoxy) is 1. The summed E-state index contributed by atoms with van der Waals surface area (Å²) in [7, 11) is 0. The number of rotatable bonds is 5. The van der Waals surface area contributed by atoms with Gasteiger partial charge >= 0.3 is 0 Å². The third kappa shape index (κ3) is 3.33. The molecule has 0 N–H and O–H groups in total. The first kappa shape index (κ1) is 18.1. The van der Waals surface area contributed by atoms with Crippen LogP contribution >= 0.6 is 11.6 Å². The topological polar surface area (TPSA) is 38.0 Å². The lowest BCUT2D eigenvalue weighted by Gasteiger charge is -2.09. The van der Waals surface area contributed by atoms with E-state index >= 15 is 0 Å². The molecule has 0 unspecified atom stereocenters. The van der Waals surface area contributed by atoms with Crippen LogP contribution in [0.4, 0.5) is 4.39 Å². The second-order valence-corrected chi connectivity index (χ2v) is 6.73. The number of fused-ring (bicyclic) bond motifs is 1. The standard InChI is InChI=1S/C23H16ClFN2O/c24-16-10-11-21-19(14-16)23(18-8-4-5-9-20(18)25)22(15-26)27(21)12-13-28-17-6-2-1-3-7-17/h1-11,14H,12-13H2. The fourth-order valence-corrected chi connectivity index (χ4v) is 3.56. The van der Waals surface area contributed by atoms with Crippen LogP contribution in [0.5, 0.6) is 5.75 Å². The monoisotopic (exact) mass is 390 g/mol. The zero-order valence-corrected chi connectivity index (χ0v) is 15.7. The molecule has 0 saturated heterocycles. The molecule has 0 saturated carbocycles. The molecule has 0 spiro atoms. The number of para-hydroxylation sites is 1. The van der Waals surface area contributed by atoms with E-state index in [0.717, 1.165) is 16.7 Å². The van der Waals surface area contributed by atoms with Crippen LogP contribution in [0.1, 0.15) is 5.69 Å². The van der Waals surface area contributed by atoms with Gasteiger partial charge in [-0.05, 0) is 36.4 Å². The van der Waals surface area contributed by atoms with Crippen LogP contribution in [0.15, 0.2) is 72.8 Å². The first-order valence-corrected chi connectivity index (χ1v) is 9.21. The predicted octanol–water partition coefficient (Wildman–Crippen LogP) is 6.05. The Bertz CT molecular complexity index is 1180. The molecule has 0 aliphatic heterocycles. The zero-order valence-electron chi connectivity index (χ0n) is 14.9. The summed E-state index contributed by atoms with van der Waals surface area (Å²) in [6, 6.07) is 23.6. The van der Waals surface area contributed by atoms with Crippen molar-refractivity contribution in [1.29, 1.82) is 5.26 Å². The molecule has 0 aliphatic rings. The summed E-state index contributed by atoms with van der Waals surface area (Å²) in [5.41, 5.74) is 2.14. The Morgan fingerprint density at radius 2 is 1.75 bits per heavy atom. The lowest BCUT2D eigenvalue weighted by atomic mass is 10.0. The van der Waals surface area contributed by atoms with E-state index in [4.69, 9.17) is 16.3 Å². The Morgan fingerprint density at radius 1 is 1.00 bits per heavy atom. The van der Waals surface area contributed by atoms with Gasteiger partial charge in [0.1, 0.15) is 29.9 Å². The van der Waals surface area contributed by atoms with E-state index < -0.39 is 0 Å². The number of hydrogen-bond donors (Lipinski definition) is 0. The van der Waals surface area contributed by atoms with Gasteiger partial charge in [-0.25, -0.2) is 4.39 Å². The molecule has 0 aliphatic carbocycles. The third-order valence-corrected chi connectivity index (χ3v) is 4.84. The maximum absolute atomic E-state index is 14.5. The number of nitriles is 1. The molecule has 1 heterocycles. The lowest BCUT2D eigenvalue weighted by molar-refractivity contribution is 0.300. The molecule has 0 amide bonds. The van der Waals surface area contributed by atoms with Crippen molar-refractivity contribution in [1.82, 2.24) is 4.57 Å². The highest BCUT2D eigenvalue weighted by Gasteiger charge is 2.21. The number of hydrogen-bond acceptors (Lipinski definition) is 2. The summed E-state index contributed by atoms with van der Waals surface area (Å²) in [5.74, 6) is 0.383. The van der Waals surface area contributed by atoms with Crippen LogP contribution in [0.3, 0.4) is 0 Å². The average molecular weight is 391 g/mol. The minimum absolute atomic E-state index is 0.376. The van der Waals surface area contributed by atoms with Gasteiger partial charge < -0.3 is 9.30 Å². The van der Waals surface area contributed by atoms with Crippen molar-refractivity contribution in [3.63, 3.8) is 0 Å². The van der Waals surface area contributed by atoms with Crippen LogP contribution in [0, 0.1) is 17.1 Å². The van der Waals surface area contributed by atoms with Crippen molar-refractivity contribution in [2.24, 2.45) is 0 Å². The van der Waals surface area contributed by atoms with Gasteiger partial charge in [0.15, 0.2) is 0 Å².